The molecule has 3 nitrogen and oxygen atoms in total. The van der Waals surface area contributed by atoms with Gasteiger partial charge in [-0.3, -0.25) is 0 Å². The van der Waals surface area contributed by atoms with Gasteiger partial charge in [-0.05, 0) is 39.8 Å². The minimum atomic E-state index is 0.0163. The van der Waals surface area contributed by atoms with Gasteiger partial charge in [0.2, 0.25) is 0 Å². The molecule has 1 heterocycles. The summed E-state index contributed by atoms with van der Waals surface area (Å²) in [5.74, 6) is 0. The lowest BCUT2D eigenvalue weighted by molar-refractivity contribution is 0.261. The van der Waals surface area contributed by atoms with Crippen LogP contribution in [0.5, 0.6) is 0 Å². The zero-order chi connectivity index (χ0) is 13.4. The maximum absolute atomic E-state index is 9.26. The van der Waals surface area contributed by atoms with Crippen molar-refractivity contribution >= 4 is 5.69 Å². The van der Waals surface area contributed by atoms with E-state index in [1.165, 1.54) is 0 Å². The third-order valence-electron chi connectivity index (χ3n) is 3.60. The van der Waals surface area contributed by atoms with Crippen molar-refractivity contribution in [3.63, 3.8) is 0 Å². The SMILES string of the molecule is CC1(C)CN(c2ccccc2C#N)C(C)(C)CN1. The lowest BCUT2D eigenvalue weighted by atomic mass is 9.90. The molecular weight excluding hydrogens is 222 g/mol. The molecule has 0 radical (unpaired) electrons. The molecule has 0 spiro atoms. The zero-order valence-electron chi connectivity index (χ0n) is 11.6. The maximum Gasteiger partial charge on any atom is 0.101 e. The number of piperazine rings is 1. The molecule has 1 aliphatic heterocycles. The number of nitrogens with one attached hydrogen (secondary N) is 1. The van der Waals surface area contributed by atoms with Gasteiger partial charge in [-0.2, -0.15) is 5.26 Å². The second-order valence-electron chi connectivity index (χ2n) is 6.26. The molecule has 0 unspecified atom stereocenters. The second kappa shape index (κ2) is 4.29. The van der Waals surface area contributed by atoms with Gasteiger partial charge in [-0.25, -0.2) is 0 Å². The van der Waals surface area contributed by atoms with Gasteiger partial charge in [0.25, 0.3) is 0 Å². The number of anilines is 1. The Hall–Kier alpha value is -1.53. The maximum atomic E-state index is 9.26. The van der Waals surface area contributed by atoms with Crippen molar-refractivity contribution in [1.29, 1.82) is 5.26 Å². The van der Waals surface area contributed by atoms with Gasteiger partial charge >= 0.3 is 0 Å². The Morgan fingerprint density at radius 1 is 1.22 bits per heavy atom. The summed E-state index contributed by atoms with van der Waals surface area (Å²) in [7, 11) is 0. The molecule has 1 saturated heterocycles. The normalized spacial score (nSPS) is 21.4. The molecule has 3 heteroatoms. The van der Waals surface area contributed by atoms with Crippen LogP contribution in [0.15, 0.2) is 24.3 Å². The van der Waals surface area contributed by atoms with Crippen molar-refractivity contribution < 1.29 is 0 Å². The predicted octanol–water partition coefficient (Wildman–Crippen LogP) is 2.53. The average Bonchev–Trinajstić information content (AvgIpc) is 2.33. The molecular formula is C15H21N3. The first-order valence-corrected chi connectivity index (χ1v) is 6.38. The molecule has 18 heavy (non-hydrogen) atoms. The van der Waals surface area contributed by atoms with Crippen molar-refractivity contribution in [1.82, 2.24) is 5.32 Å². The van der Waals surface area contributed by atoms with Crippen LogP contribution in [0.3, 0.4) is 0 Å². The zero-order valence-corrected chi connectivity index (χ0v) is 11.6. The molecule has 0 aliphatic carbocycles. The van der Waals surface area contributed by atoms with Crippen molar-refractivity contribution in [2.75, 3.05) is 18.0 Å². The van der Waals surface area contributed by atoms with Crippen LogP contribution in [0.4, 0.5) is 5.69 Å². The van der Waals surface area contributed by atoms with Crippen molar-refractivity contribution in [2.45, 2.75) is 38.8 Å². The molecule has 0 saturated carbocycles. The summed E-state index contributed by atoms with van der Waals surface area (Å²) in [6.45, 7) is 10.6. The predicted molar refractivity (Wildman–Crippen MR) is 74.7 cm³/mol. The Morgan fingerprint density at radius 3 is 2.56 bits per heavy atom. The van der Waals surface area contributed by atoms with Gasteiger partial charge < -0.3 is 10.2 Å². The standard InChI is InChI=1S/C15H21N3/c1-14(2)11-18(15(3,4)10-17-14)13-8-6-5-7-12(13)9-16/h5-8,17H,10-11H2,1-4H3. The van der Waals surface area contributed by atoms with E-state index in [9.17, 15) is 5.26 Å². The summed E-state index contributed by atoms with van der Waals surface area (Å²) in [4.78, 5) is 2.35. The number of para-hydroxylation sites is 1. The first-order valence-electron chi connectivity index (χ1n) is 6.38. The van der Waals surface area contributed by atoms with Crippen LogP contribution < -0.4 is 10.2 Å². The van der Waals surface area contributed by atoms with Gasteiger partial charge in [-0.1, -0.05) is 12.1 Å². The Balaban J connectivity index is 2.43. The van der Waals surface area contributed by atoms with Crippen LogP contribution in [0.25, 0.3) is 0 Å². The van der Waals surface area contributed by atoms with E-state index in [4.69, 9.17) is 0 Å². The molecule has 0 atom stereocenters. The van der Waals surface area contributed by atoms with E-state index in [1.807, 2.05) is 24.3 Å². The van der Waals surface area contributed by atoms with Gasteiger partial charge in [0.15, 0.2) is 0 Å². The smallest absolute Gasteiger partial charge is 0.101 e. The Bertz CT molecular complexity index is 483. The Kier molecular flexibility index (Phi) is 3.08. The minimum Gasteiger partial charge on any atom is -0.362 e. The summed E-state index contributed by atoms with van der Waals surface area (Å²) in [5.41, 5.74) is 1.88. The van der Waals surface area contributed by atoms with E-state index in [1.54, 1.807) is 0 Å². The second-order valence-corrected chi connectivity index (χ2v) is 6.26. The fraction of sp³-hybridized carbons (Fsp3) is 0.533. The molecule has 2 rings (SSSR count). The molecule has 1 N–H and O–H groups in total. The van der Waals surface area contributed by atoms with Crippen molar-refractivity contribution in [2.24, 2.45) is 0 Å². The van der Waals surface area contributed by atoms with E-state index in [0.717, 1.165) is 24.3 Å². The van der Waals surface area contributed by atoms with E-state index in [2.05, 4.69) is 44.0 Å². The topological polar surface area (TPSA) is 39.1 Å². The molecule has 0 bridgehead atoms. The molecule has 1 aromatic rings. The third-order valence-corrected chi connectivity index (χ3v) is 3.60. The molecule has 0 aromatic heterocycles. The number of benzene rings is 1. The summed E-state index contributed by atoms with van der Waals surface area (Å²) in [6.07, 6.45) is 0. The highest BCUT2D eigenvalue weighted by molar-refractivity contribution is 5.61. The van der Waals surface area contributed by atoms with Crippen LogP contribution >= 0.6 is 0 Å². The van der Waals surface area contributed by atoms with Crippen molar-refractivity contribution in [3.8, 4) is 6.07 Å². The van der Waals surface area contributed by atoms with E-state index in [-0.39, 0.29) is 11.1 Å². The first kappa shape index (κ1) is 12.9. The lowest BCUT2D eigenvalue weighted by Crippen LogP contribution is -2.66. The summed E-state index contributed by atoms with van der Waals surface area (Å²) >= 11 is 0. The molecule has 0 amide bonds. The quantitative estimate of drug-likeness (QED) is 0.823. The first-order chi connectivity index (χ1) is 8.36. The fourth-order valence-electron chi connectivity index (χ4n) is 2.43. The molecule has 96 valence electrons. The summed E-state index contributed by atoms with van der Waals surface area (Å²) in [5, 5.41) is 12.8. The van der Waals surface area contributed by atoms with E-state index < -0.39 is 0 Å². The fourth-order valence-corrected chi connectivity index (χ4v) is 2.43. The van der Waals surface area contributed by atoms with Gasteiger partial charge in [0.05, 0.1) is 11.3 Å². The van der Waals surface area contributed by atoms with Gasteiger partial charge in [0, 0.05) is 24.2 Å². The molecule has 1 aromatic carbocycles. The van der Waals surface area contributed by atoms with Crippen LogP contribution in [0.1, 0.15) is 33.3 Å². The monoisotopic (exact) mass is 243 g/mol. The largest absolute Gasteiger partial charge is 0.362 e. The lowest BCUT2D eigenvalue weighted by Gasteiger charge is -2.51. The number of nitriles is 1. The van der Waals surface area contributed by atoms with Gasteiger partial charge in [0.1, 0.15) is 6.07 Å². The third kappa shape index (κ3) is 2.34. The summed E-state index contributed by atoms with van der Waals surface area (Å²) in [6, 6.07) is 10.1. The van der Waals surface area contributed by atoms with Crippen LogP contribution in [0.2, 0.25) is 0 Å². The van der Waals surface area contributed by atoms with Crippen LogP contribution in [-0.4, -0.2) is 24.2 Å². The van der Waals surface area contributed by atoms with Crippen LogP contribution in [0, 0.1) is 11.3 Å². The molecule has 1 aliphatic rings. The highest BCUT2D eigenvalue weighted by Crippen LogP contribution is 2.31. The van der Waals surface area contributed by atoms with Crippen LogP contribution in [-0.2, 0) is 0 Å². The number of nitrogens with zero attached hydrogens (tertiary/aromatic N) is 2. The van der Waals surface area contributed by atoms with E-state index in [0.29, 0.717) is 0 Å². The number of hydrogen-bond donors (Lipinski definition) is 1. The Labute approximate surface area is 109 Å². The minimum absolute atomic E-state index is 0.0163. The number of hydrogen-bond acceptors (Lipinski definition) is 3. The average molecular weight is 243 g/mol. The highest BCUT2D eigenvalue weighted by Gasteiger charge is 2.38. The van der Waals surface area contributed by atoms with Crippen molar-refractivity contribution in [3.05, 3.63) is 29.8 Å². The summed E-state index contributed by atoms with van der Waals surface area (Å²) < 4.78 is 0. The van der Waals surface area contributed by atoms with Gasteiger partial charge in [-0.15, -0.1) is 0 Å². The highest BCUT2D eigenvalue weighted by atomic mass is 15.3. The number of rotatable bonds is 1. The van der Waals surface area contributed by atoms with E-state index >= 15 is 0 Å². The molecule has 1 fully saturated rings. The Morgan fingerprint density at radius 2 is 1.89 bits per heavy atom.